The number of benzene rings is 3. The monoisotopic (exact) mass is 468 g/mol. The first-order valence-electron chi connectivity index (χ1n) is 12.7. The van der Waals surface area contributed by atoms with Crippen molar-refractivity contribution >= 4 is 10.9 Å². The number of nitrogens with zero attached hydrogens (tertiary/aromatic N) is 2. The van der Waals surface area contributed by atoms with Crippen LogP contribution < -0.4 is 4.74 Å². The molecule has 0 bridgehead atoms. The molecular weight excluding hydrogens is 435 g/mol. The van der Waals surface area contributed by atoms with E-state index in [0.29, 0.717) is 5.92 Å². The highest BCUT2D eigenvalue weighted by atomic mass is 19.1. The number of rotatable bonds is 5. The zero-order valence-corrected chi connectivity index (χ0v) is 20.6. The minimum Gasteiger partial charge on any atom is -0.497 e. The van der Waals surface area contributed by atoms with Crippen LogP contribution in [0.1, 0.15) is 28.8 Å². The number of fused-ring (bicyclic) bond motifs is 4. The van der Waals surface area contributed by atoms with Crippen LogP contribution in [0.5, 0.6) is 5.75 Å². The fourth-order valence-electron chi connectivity index (χ4n) is 6.73. The van der Waals surface area contributed by atoms with Gasteiger partial charge in [-0.3, -0.25) is 0 Å². The average molecular weight is 469 g/mol. The van der Waals surface area contributed by atoms with E-state index in [0.717, 1.165) is 62.0 Å². The van der Waals surface area contributed by atoms with Gasteiger partial charge >= 0.3 is 0 Å². The Morgan fingerprint density at radius 2 is 1.89 bits per heavy atom. The lowest BCUT2D eigenvalue weighted by molar-refractivity contribution is 0.0815. The molecule has 1 aliphatic heterocycles. The molecule has 4 heteroatoms. The molecule has 2 unspecified atom stereocenters. The second-order valence-electron chi connectivity index (χ2n) is 10.4. The van der Waals surface area contributed by atoms with E-state index in [4.69, 9.17) is 4.74 Å². The summed E-state index contributed by atoms with van der Waals surface area (Å²) in [6.45, 7) is 3.23. The first kappa shape index (κ1) is 22.4. The topological polar surface area (TPSA) is 17.4 Å². The van der Waals surface area contributed by atoms with Crippen LogP contribution in [0, 0.1) is 11.7 Å². The Bertz CT molecular complexity index is 1360. The van der Waals surface area contributed by atoms with Crippen molar-refractivity contribution in [2.24, 2.45) is 13.0 Å². The SMILES string of the molecule is COc1cccc(C23CCN(CCc4ccccc4)CC2Cc2c(n(C)c4ccc(F)cc24)C3)c1. The Labute approximate surface area is 207 Å². The van der Waals surface area contributed by atoms with Gasteiger partial charge in [0.05, 0.1) is 7.11 Å². The molecule has 1 aromatic heterocycles. The van der Waals surface area contributed by atoms with Gasteiger partial charge < -0.3 is 14.2 Å². The number of hydrogen-bond acceptors (Lipinski definition) is 2. The summed E-state index contributed by atoms with van der Waals surface area (Å²) in [5, 5.41) is 1.09. The molecule has 35 heavy (non-hydrogen) atoms. The Balaban J connectivity index is 1.39. The lowest BCUT2D eigenvalue weighted by atomic mass is 9.58. The molecule has 4 aromatic rings. The standard InChI is InChI=1S/C31H33FN2O/c1-33-29-12-11-25(32)19-28(29)27-18-24-21-34(15-13-22-7-4-3-5-8-22)16-14-31(24,20-30(27)33)23-9-6-10-26(17-23)35-2/h3-12,17,19,24H,13-16,18,20-21H2,1-2H3. The van der Waals surface area contributed by atoms with Crippen LogP contribution in [0.3, 0.4) is 0 Å². The number of halogens is 1. The van der Waals surface area contributed by atoms with Gasteiger partial charge in [0.2, 0.25) is 0 Å². The lowest BCUT2D eigenvalue weighted by Gasteiger charge is -2.51. The molecule has 3 nitrogen and oxygen atoms in total. The first-order valence-corrected chi connectivity index (χ1v) is 12.7. The molecule has 1 saturated heterocycles. The zero-order valence-electron chi connectivity index (χ0n) is 20.6. The van der Waals surface area contributed by atoms with Crippen molar-refractivity contribution in [2.45, 2.75) is 31.1 Å². The summed E-state index contributed by atoms with van der Waals surface area (Å²) in [6, 6.07) is 24.8. The summed E-state index contributed by atoms with van der Waals surface area (Å²) in [6.07, 6.45) is 4.16. The molecule has 0 spiro atoms. The minimum atomic E-state index is -0.149. The fraction of sp³-hybridized carbons (Fsp3) is 0.355. The van der Waals surface area contributed by atoms with E-state index in [1.54, 1.807) is 19.2 Å². The van der Waals surface area contributed by atoms with Gasteiger partial charge in [0.15, 0.2) is 0 Å². The number of likely N-dealkylation sites (tertiary alicyclic amines) is 1. The first-order chi connectivity index (χ1) is 17.1. The summed E-state index contributed by atoms with van der Waals surface area (Å²) < 4.78 is 22.2. The van der Waals surface area contributed by atoms with E-state index in [9.17, 15) is 4.39 Å². The molecular formula is C31H33FN2O. The van der Waals surface area contributed by atoms with Crippen LogP contribution in [0.25, 0.3) is 10.9 Å². The third-order valence-electron chi connectivity index (χ3n) is 8.67. The number of hydrogen-bond donors (Lipinski definition) is 0. The van der Waals surface area contributed by atoms with E-state index in [1.165, 1.54) is 22.4 Å². The maximum absolute atomic E-state index is 14.3. The third-order valence-corrected chi connectivity index (χ3v) is 8.67. The molecule has 0 radical (unpaired) electrons. The van der Waals surface area contributed by atoms with Crippen LogP contribution >= 0.6 is 0 Å². The normalized spacial score (nSPS) is 22.1. The number of aromatic nitrogens is 1. The molecule has 180 valence electrons. The van der Waals surface area contributed by atoms with Crippen molar-refractivity contribution in [2.75, 3.05) is 26.7 Å². The summed E-state index contributed by atoms with van der Waals surface area (Å²) in [7, 11) is 3.89. The van der Waals surface area contributed by atoms with Crippen molar-refractivity contribution in [1.82, 2.24) is 9.47 Å². The maximum Gasteiger partial charge on any atom is 0.123 e. The highest BCUT2D eigenvalue weighted by Gasteiger charge is 2.48. The van der Waals surface area contributed by atoms with E-state index >= 15 is 0 Å². The molecule has 6 rings (SSSR count). The Morgan fingerprint density at radius 3 is 2.71 bits per heavy atom. The highest BCUT2D eigenvalue weighted by molar-refractivity contribution is 5.86. The van der Waals surface area contributed by atoms with Crippen LogP contribution in [-0.2, 0) is 31.7 Å². The molecule has 1 aliphatic carbocycles. The minimum absolute atomic E-state index is 0.0610. The molecule has 0 N–H and O–H groups in total. The molecule has 0 saturated carbocycles. The second-order valence-corrected chi connectivity index (χ2v) is 10.4. The van der Waals surface area contributed by atoms with Gasteiger partial charge in [0.25, 0.3) is 0 Å². The smallest absolute Gasteiger partial charge is 0.123 e. The number of aryl methyl sites for hydroxylation is 1. The van der Waals surface area contributed by atoms with E-state index in [1.807, 2.05) is 12.1 Å². The Morgan fingerprint density at radius 1 is 1.03 bits per heavy atom. The van der Waals surface area contributed by atoms with E-state index in [2.05, 4.69) is 65.0 Å². The van der Waals surface area contributed by atoms with Gasteiger partial charge in [-0.05, 0) is 85.2 Å². The van der Waals surface area contributed by atoms with Crippen molar-refractivity contribution in [3.8, 4) is 5.75 Å². The lowest BCUT2D eigenvalue weighted by Crippen LogP contribution is -2.54. The predicted molar refractivity (Wildman–Crippen MR) is 140 cm³/mol. The third kappa shape index (κ3) is 3.84. The van der Waals surface area contributed by atoms with Gasteiger partial charge in [0, 0.05) is 42.1 Å². The summed E-state index contributed by atoms with van der Waals surface area (Å²) in [4.78, 5) is 2.65. The molecule has 2 heterocycles. The van der Waals surface area contributed by atoms with Crippen molar-refractivity contribution in [1.29, 1.82) is 0 Å². The predicted octanol–water partition coefficient (Wildman–Crippen LogP) is 5.93. The number of methoxy groups -OCH3 is 1. The Hall–Kier alpha value is -3.11. The van der Waals surface area contributed by atoms with Crippen LogP contribution in [0.15, 0.2) is 72.8 Å². The van der Waals surface area contributed by atoms with Gasteiger partial charge in [-0.25, -0.2) is 4.39 Å². The van der Waals surface area contributed by atoms with Crippen molar-refractivity contribution in [3.63, 3.8) is 0 Å². The van der Waals surface area contributed by atoms with Crippen molar-refractivity contribution < 1.29 is 9.13 Å². The molecule has 2 aliphatic rings. The van der Waals surface area contributed by atoms with E-state index < -0.39 is 0 Å². The van der Waals surface area contributed by atoms with Crippen LogP contribution in [0.2, 0.25) is 0 Å². The van der Waals surface area contributed by atoms with Crippen LogP contribution in [-0.4, -0.2) is 36.2 Å². The van der Waals surface area contributed by atoms with Crippen LogP contribution in [0.4, 0.5) is 4.39 Å². The molecule has 0 amide bonds. The van der Waals surface area contributed by atoms with Gasteiger partial charge in [-0.15, -0.1) is 0 Å². The summed E-state index contributed by atoms with van der Waals surface area (Å²) in [5.74, 6) is 1.25. The largest absolute Gasteiger partial charge is 0.497 e. The highest BCUT2D eigenvalue weighted by Crippen LogP contribution is 2.50. The summed E-state index contributed by atoms with van der Waals surface area (Å²) in [5.41, 5.74) is 6.68. The second kappa shape index (κ2) is 8.83. The van der Waals surface area contributed by atoms with E-state index in [-0.39, 0.29) is 11.2 Å². The fourth-order valence-corrected chi connectivity index (χ4v) is 6.73. The maximum atomic E-state index is 14.3. The number of piperidine rings is 1. The van der Waals surface area contributed by atoms with Gasteiger partial charge in [-0.1, -0.05) is 42.5 Å². The molecule has 3 aromatic carbocycles. The quantitative estimate of drug-likeness (QED) is 0.361. The van der Waals surface area contributed by atoms with Gasteiger partial charge in [-0.2, -0.15) is 0 Å². The van der Waals surface area contributed by atoms with Crippen molar-refractivity contribution in [3.05, 3.63) is 101 Å². The average Bonchev–Trinajstić information content (AvgIpc) is 3.16. The molecule has 1 fully saturated rings. The Kier molecular flexibility index (Phi) is 5.64. The zero-order chi connectivity index (χ0) is 24.0. The van der Waals surface area contributed by atoms with Gasteiger partial charge in [0.1, 0.15) is 11.6 Å². The number of ether oxygens (including phenoxy) is 1. The molecule has 2 atom stereocenters. The summed E-state index contributed by atoms with van der Waals surface area (Å²) >= 11 is 0.